The van der Waals surface area contributed by atoms with Gasteiger partial charge in [0.05, 0.1) is 7.11 Å². The summed E-state index contributed by atoms with van der Waals surface area (Å²) in [4.78, 5) is 35.9. The van der Waals surface area contributed by atoms with Crippen LogP contribution in [-0.2, 0) is 19.1 Å². The molecule has 2 atom stereocenters. The van der Waals surface area contributed by atoms with E-state index in [1.165, 1.54) is 7.11 Å². The van der Waals surface area contributed by atoms with Crippen molar-refractivity contribution in [2.45, 2.75) is 52.2 Å². The lowest BCUT2D eigenvalue weighted by atomic mass is 9.98. The van der Waals surface area contributed by atoms with Crippen LogP contribution in [0.2, 0.25) is 0 Å². The molecule has 120 valence electrons. The van der Waals surface area contributed by atoms with E-state index in [4.69, 9.17) is 4.74 Å². The number of esters is 1. The quantitative estimate of drug-likeness (QED) is 0.410. The third-order valence-corrected chi connectivity index (χ3v) is 2.72. The maximum Gasteiger partial charge on any atom is 0.417 e. The second-order valence-electron chi connectivity index (χ2n) is 5.90. The van der Waals surface area contributed by atoms with E-state index in [-0.39, 0.29) is 12.3 Å². The van der Waals surface area contributed by atoms with Gasteiger partial charge in [-0.2, -0.15) is 0 Å². The second-order valence-corrected chi connectivity index (χ2v) is 5.90. The molecule has 0 fully saturated rings. The van der Waals surface area contributed by atoms with Gasteiger partial charge in [0.1, 0.15) is 11.6 Å². The van der Waals surface area contributed by atoms with Crippen molar-refractivity contribution in [1.82, 2.24) is 4.90 Å². The molecule has 0 aromatic carbocycles. The normalized spacial score (nSPS) is 13.8. The van der Waals surface area contributed by atoms with Gasteiger partial charge in [-0.05, 0) is 39.5 Å². The van der Waals surface area contributed by atoms with Crippen LogP contribution in [0.1, 0.15) is 40.5 Å². The number of hydrogen-bond donors (Lipinski definition) is 0. The molecule has 6 nitrogen and oxygen atoms in total. The summed E-state index contributed by atoms with van der Waals surface area (Å²) in [7, 11) is 1.21. The van der Waals surface area contributed by atoms with Gasteiger partial charge in [-0.1, -0.05) is 13.0 Å². The Hall–Kier alpha value is -1.85. The first-order valence-electron chi connectivity index (χ1n) is 6.81. The first kappa shape index (κ1) is 19.1. The number of ether oxygens (including phenoxy) is 2. The van der Waals surface area contributed by atoms with Gasteiger partial charge in [-0.15, -0.1) is 6.58 Å². The molecule has 21 heavy (non-hydrogen) atoms. The molecule has 0 saturated heterocycles. The zero-order valence-electron chi connectivity index (χ0n) is 13.4. The van der Waals surface area contributed by atoms with E-state index in [0.29, 0.717) is 12.8 Å². The first-order chi connectivity index (χ1) is 9.66. The molecular formula is C15H25NO5. The summed E-state index contributed by atoms with van der Waals surface area (Å²) in [6.07, 6.45) is 2.11. The summed E-state index contributed by atoms with van der Waals surface area (Å²) in [5, 5.41) is 0. The molecule has 0 aromatic heterocycles. The van der Waals surface area contributed by atoms with Crippen molar-refractivity contribution in [1.29, 1.82) is 0 Å². The van der Waals surface area contributed by atoms with E-state index in [1.54, 1.807) is 26.8 Å². The largest absolute Gasteiger partial charge is 0.467 e. The SMILES string of the molecule is C=CC[C@@H](C)C[C@@H](C(=O)OC)N(C=O)C(=O)OC(C)(C)C. The van der Waals surface area contributed by atoms with E-state index in [9.17, 15) is 14.4 Å². The number of carbonyl (C=O) groups is 3. The molecule has 0 saturated carbocycles. The maximum absolute atomic E-state index is 12.0. The van der Waals surface area contributed by atoms with Crippen molar-refractivity contribution < 1.29 is 23.9 Å². The number of carbonyl (C=O) groups excluding carboxylic acids is 3. The molecule has 0 bridgehead atoms. The Balaban J connectivity index is 5.16. The van der Waals surface area contributed by atoms with E-state index in [2.05, 4.69) is 11.3 Å². The summed E-state index contributed by atoms with van der Waals surface area (Å²) >= 11 is 0. The molecule has 0 aliphatic rings. The van der Waals surface area contributed by atoms with Crippen LogP contribution in [0.5, 0.6) is 0 Å². The minimum absolute atomic E-state index is 0.0662. The molecule has 0 unspecified atom stereocenters. The van der Waals surface area contributed by atoms with Crippen LogP contribution in [0.4, 0.5) is 4.79 Å². The number of methoxy groups -OCH3 is 1. The number of amides is 2. The molecule has 0 aromatic rings. The fourth-order valence-electron chi connectivity index (χ4n) is 1.78. The van der Waals surface area contributed by atoms with Crippen molar-refractivity contribution in [2.75, 3.05) is 7.11 Å². The highest BCUT2D eigenvalue weighted by molar-refractivity contribution is 5.88. The highest BCUT2D eigenvalue weighted by atomic mass is 16.6. The Kier molecular flexibility index (Phi) is 7.70. The standard InChI is InChI=1S/C15H25NO5/c1-7-8-11(2)9-12(13(18)20-6)16(10-17)14(19)21-15(3,4)5/h7,10-12H,1,8-9H2,2-6H3/t11-,12+/m1/s1. The van der Waals surface area contributed by atoms with Crippen LogP contribution in [0.15, 0.2) is 12.7 Å². The van der Waals surface area contributed by atoms with Crippen LogP contribution < -0.4 is 0 Å². The molecule has 0 aliphatic carbocycles. The highest BCUT2D eigenvalue weighted by Crippen LogP contribution is 2.18. The molecule has 6 heteroatoms. The smallest absolute Gasteiger partial charge is 0.417 e. The Morgan fingerprint density at radius 3 is 2.29 bits per heavy atom. The van der Waals surface area contributed by atoms with Crippen LogP contribution in [0.3, 0.4) is 0 Å². The van der Waals surface area contributed by atoms with E-state index in [0.717, 1.165) is 4.90 Å². The zero-order valence-corrected chi connectivity index (χ0v) is 13.4. The van der Waals surface area contributed by atoms with Crippen LogP contribution in [0, 0.1) is 5.92 Å². The minimum atomic E-state index is -1.00. The number of nitrogens with zero attached hydrogens (tertiary/aromatic N) is 1. The molecule has 0 radical (unpaired) electrons. The lowest BCUT2D eigenvalue weighted by Gasteiger charge is -2.29. The third kappa shape index (κ3) is 6.92. The fraction of sp³-hybridized carbons (Fsp3) is 0.667. The predicted octanol–water partition coefficient (Wildman–Crippen LogP) is 2.52. The van der Waals surface area contributed by atoms with Crippen molar-refractivity contribution >= 4 is 18.5 Å². The monoisotopic (exact) mass is 299 g/mol. The van der Waals surface area contributed by atoms with E-state index >= 15 is 0 Å². The Morgan fingerprint density at radius 2 is 1.90 bits per heavy atom. The lowest BCUT2D eigenvalue weighted by molar-refractivity contribution is -0.149. The Labute approximate surface area is 126 Å². The molecule has 0 N–H and O–H groups in total. The van der Waals surface area contributed by atoms with Gasteiger partial charge < -0.3 is 9.47 Å². The molecule has 0 spiro atoms. The topological polar surface area (TPSA) is 72.9 Å². The summed E-state index contributed by atoms with van der Waals surface area (Å²) in [5.41, 5.74) is -0.758. The van der Waals surface area contributed by atoms with E-state index in [1.807, 2.05) is 6.92 Å². The van der Waals surface area contributed by atoms with Gasteiger partial charge in [0, 0.05) is 0 Å². The number of rotatable bonds is 7. The van der Waals surface area contributed by atoms with E-state index < -0.39 is 23.7 Å². The van der Waals surface area contributed by atoms with Gasteiger partial charge in [-0.3, -0.25) is 4.79 Å². The molecular weight excluding hydrogens is 274 g/mol. The Morgan fingerprint density at radius 1 is 1.33 bits per heavy atom. The molecule has 0 heterocycles. The fourth-order valence-corrected chi connectivity index (χ4v) is 1.78. The number of hydrogen-bond acceptors (Lipinski definition) is 5. The zero-order chi connectivity index (χ0) is 16.6. The molecule has 2 amide bonds. The average molecular weight is 299 g/mol. The predicted molar refractivity (Wildman–Crippen MR) is 78.5 cm³/mol. The van der Waals surface area contributed by atoms with Crippen molar-refractivity contribution in [2.24, 2.45) is 5.92 Å². The minimum Gasteiger partial charge on any atom is -0.467 e. The van der Waals surface area contributed by atoms with Crippen LogP contribution >= 0.6 is 0 Å². The summed E-state index contributed by atoms with van der Waals surface area (Å²) < 4.78 is 9.82. The van der Waals surface area contributed by atoms with Gasteiger partial charge in [-0.25, -0.2) is 14.5 Å². The summed E-state index contributed by atoms with van der Waals surface area (Å²) in [6, 6.07) is -1.00. The third-order valence-electron chi connectivity index (χ3n) is 2.72. The van der Waals surface area contributed by atoms with Crippen molar-refractivity contribution in [3.05, 3.63) is 12.7 Å². The van der Waals surface area contributed by atoms with Crippen molar-refractivity contribution in [3.8, 4) is 0 Å². The van der Waals surface area contributed by atoms with Gasteiger partial charge in [0.25, 0.3) is 0 Å². The number of imide groups is 1. The van der Waals surface area contributed by atoms with Gasteiger partial charge in [0.15, 0.2) is 0 Å². The highest BCUT2D eigenvalue weighted by Gasteiger charge is 2.34. The van der Waals surface area contributed by atoms with Crippen molar-refractivity contribution in [3.63, 3.8) is 0 Å². The summed E-state index contributed by atoms with van der Waals surface area (Å²) in [5.74, 6) is -0.583. The van der Waals surface area contributed by atoms with Crippen LogP contribution in [-0.4, -0.2) is 42.1 Å². The van der Waals surface area contributed by atoms with Crippen LogP contribution in [0.25, 0.3) is 0 Å². The average Bonchev–Trinajstić information content (AvgIpc) is 2.35. The summed E-state index contributed by atoms with van der Waals surface area (Å²) in [6.45, 7) is 10.6. The number of allylic oxidation sites excluding steroid dienone is 1. The Bertz CT molecular complexity index is 386. The first-order valence-corrected chi connectivity index (χ1v) is 6.81. The van der Waals surface area contributed by atoms with Gasteiger partial charge in [0.2, 0.25) is 6.41 Å². The molecule has 0 aliphatic heterocycles. The molecule has 0 rings (SSSR count). The lowest BCUT2D eigenvalue weighted by Crippen LogP contribution is -2.47. The maximum atomic E-state index is 12.0. The van der Waals surface area contributed by atoms with Gasteiger partial charge >= 0.3 is 12.1 Å². The second kappa shape index (κ2) is 8.44.